The normalized spacial score (nSPS) is 33.0. The second-order valence-corrected chi connectivity index (χ2v) is 4.25. The van der Waals surface area contributed by atoms with Crippen LogP contribution in [0.2, 0.25) is 0 Å². The Hall–Kier alpha value is -0.570. The van der Waals surface area contributed by atoms with Gasteiger partial charge >= 0.3 is 5.97 Å². The number of carbonyl (C=O) groups excluding carboxylic acids is 1. The van der Waals surface area contributed by atoms with Crippen LogP contribution in [0.1, 0.15) is 38.5 Å². The van der Waals surface area contributed by atoms with E-state index in [-0.39, 0.29) is 11.9 Å². The molecule has 0 aromatic carbocycles. The van der Waals surface area contributed by atoms with Crippen LogP contribution in [0.4, 0.5) is 0 Å². The summed E-state index contributed by atoms with van der Waals surface area (Å²) >= 11 is 0. The average Bonchev–Trinajstić information content (AvgIpc) is 2.54. The first-order valence-electron chi connectivity index (χ1n) is 5.09. The molecule has 1 N–H and O–H groups in total. The summed E-state index contributed by atoms with van der Waals surface area (Å²) < 4.78 is 4.88. The van der Waals surface area contributed by atoms with Crippen molar-refractivity contribution in [2.24, 2.45) is 5.92 Å². The summed E-state index contributed by atoms with van der Waals surface area (Å²) in [6, 6.07) is 0. The lowest BCUT2D eigenvalue weighted by Crippen LogP contribution is -2.40. The lowest BCUT2D eigenvalue weighted by molar-refractivity contribution is -0.137. The molecule has 1 atom stereocenters. The van der Waals surface area contributed by atoms with Crippen LogP contribution in [0.25, 0.3) is 0 Å². The minimum absolute atomic E-state index is 0.0558. The SMILES string of the molecule is O=C1CC(C2(O)CCCCC2)CO1. The number of hydrogen-bond donors (Lipinski definition) is 1. The first-order valence-corrected chi connectivity index (χ1v) is 5.09. The molecule has 1 saturated heterocycles. The van der Waals surface area contributed by atoms with E-state index in [1.54, 1.807) is 0 Å². The van der Waals surface area contributed by atoms with Crippen LogP contribution in [-0.2, 0) is 9.53 Å². The number of cyclic esters (lactones) is 1. The predicted octanol–water partition coefficient (Wildman–Crippen LogP) is 1.24. The third kappa shape index (κ3) is 1.70. The van der Waals surface area contributed by atoms with Crippen molar-refractivity contribution >= 4 is 5.97 Å². The largest absolute Gasteiger partial charge is 0.465 e. The average molecular weight is 184 g/mol. The third-order valence-electron chi connectivity index (χ3n) is 3.34. The summed E-state index contributed by atoms with van der Waals surface area (Å²) in [5.41, 5.74) is -0.607. The Labute approximate surface area is 78.1 Å². The lowest BCUT2D eigenvalue weighted by atomic mass is 9.75. The molecule has 0 aromatic rings. The van der Waals surface area contributed by atoms with Crippen LogP contribution in [0.3, 0.4) is 0 Å². The molecule has 2 rings (SSSR count). The predicted molar refractivity (Wildman–Crippen MR) is 47.1 cm³/mol. The Morgan fingerprint density at radius 3 is 2.54 bits per heavy atom. The standard InChI is InChI=1S/C10H16O3/c11-9-6-8(7-13-9)10(12)4-2-1-3-5-10/h8,12H,1-7H2. The van der Waals surface area contributed by atoms with E-state index in [2.05, 4.69) is 0 Å². The Bertz CT molecular complexity index is 206. The van der Waals surface area contributed by atoms with Crippen LogP contribution >= 0.6 is 0 Å². The highest BCUT2D eigenvalue weighted by Gasteiger charge is 2.42. The molecule has 1 saturated carbocycles. The quantitative estimate of drug-likeness (QED) is 0.624. The number of aliphatic hydroxyl groups is 1. The monoisotopic (exact) mass is 184 g/mol. The van der Waals surface area contributed by atoms with E-state index in [4.69, 9.17) is 4.74 Å². The topological polar surface area (TPSA) is 46.5 Å². The van der Waals surface area contributed by atoms with Crippen molar-refractivity contribution in [3.05, 3.63) is 0 Å². The van der Waals surface area contributed by atoms with Gasteiger partial charge in [-0.2, -0.15) is 0 Å². The molecule has 0 amide bonds. The smallest absolute Gasteiger partial charge is 0.306 e. The highest BCUT2D eigenvalue weighted by Crippen LogP contribution is 2.38. The van der Waals surface area contributed by atoms with Crippen molar-refractivity contribution in [1.29, 1.82) is 0 Å². The lowest BCUT2D eigenvalue weighted by Gasteiger charge is -2.35. The molecule has 1 unspecified atom stereocenters. The van der Waals surface area contributed by atoms with Gasteiger partial charge in [-0.3, -0.25) is 4.79 Å². The number of hydrogen-bond acceptors (Lipinski definition) is 3. The Kier molecular flexibility index (Phi) is 2.28. The number of ether oxygens (including phenoxy) is 1. The van der Waals surface area contributed by atoms with Crippen molar-refractivity contribution in [2.45, 2.75) is 44.1 Å². The molecule has 2 fully saturated rings. The molecule has 1 heterocycles. The molecule has 1 aliphatic heterocycles. The minimum atomic E-state index is -0.607. The highest BCUT2D eigenvalue weighted by atomic mass is 16.5. The first kappa shape index (κ1) is 9.00. The van der Waals surface area contributed by atoms with E-state index in [9.17, 15) is 9.90 Å². The number of esters is 1. The van der Waals surface area contributed by atoms with Gasteiger partial charge in [-0.1, -0.05) is 19.3 Å². The molecule has 2 aliphatic rings. The van der Waals surface area contributed by atoms with Gasteiger partial charge in [0.1, 0.15) is 0 Å². The Morgan fingerprint density at radius 2 is 2.00 bits per heavy atom. The van der Waals surface area contributed by atoms with Gasteiger partial charge in [0, 0.05) is 5.92 Å². The maximum atomic E-state index is 10.9. The van der Waals surface area contributed by atoms with Gasteiger partial charge in [-0.05, 0) is 12.8 Å². The minimum Gasteiger partial charge on any atom is -0.465 e. The first-order chi connectivity index (χ1) is 6.21. The number of carbonyl (C=O) groups is 1. The Balaban J connectivity index is 2.01. The molecule has 1 aliphatic carbocycles. The summed E-state index contributed by atoms with van der Waals surface area (Å²) in [6.45, 7) is 0.426. The van der Waals surface area contributed by atoms with Gasteiger partial charge in [0.15, 0.2) is 0 Å². The fourth-order valence-electron chi connectivity index (χ4n) is 2.43. The molecule has 13 heavy (non-hydrogen) atoms. The summed E-state index contributed by atoms with van der Waals surface area (Å²) in [5.74, 6) is -0.0932. The Morgan fingerprint density at radius 1 is 1.31 bits per heavy atom. The van der Waals surface area contributed by atoms with Crippen LogP contribution in [0.15, 0.2) is 0 Å². The summed E-state index contributed by atoms with van der Waals surface area (Å²) in [6.07, 6.45) is 5.48. The van der Waals surface area contributed by atoms with Gasteiger partial charge in [0.05, 0.1) is 18.6 Å². The summed E-state index contributed by atoms with van der Waals surface area (Å²) in [4.78, 5) is 10.9. The van der Waals surface area contributed by atoms with Crippen molar-refractivity contribution in [3.8, 4) is 0 Å². The maximum absolute atomic E-state index is 10.9. The molecular formula is C10H16O3. The molecule has 0 aromatic heterocycles. The second kappa shape index (κ2) is 3.29. The second-order valence-electron chi connectivity index (χ2n) is 4.25. The van der Waals surface area contributed by atoms with Gasteiger partial charge in [0.2, 0.25) is 0 Å². The zero-order chi connectivity index (χ0) is 9.31. The van der Waals surface area contributed by atoms with E-state index in [0.717, 1.165) is 25.7 Å². The fourth-order valence-corrected chi connectivity index (χ4v) is 2.43. The van der Waals surface area contributed by atoms with Crippen molar-refractivity contribution in [1.82, 2.24) is 0 Å². The van der Waals surface area contributed by atoms with Crippen molar-refractivity contribution in [2.75, 3.05) is 6.61 Å². The van der Waals surface area contributed by atoms with Crippen LogP contribution < -0.4 is 0 Å². The fraction of sp³-hybridized carbons (Fsp3) is 0.900. The maximum Gasteiger partial charge on any atom is 0.306 e. The molecule has 3 heteroatoms. The van der Waals surface area contributed by atoms with Gasteiger partial charge in [-0.25, -0.2) is 0 Å². The summed E-state index contributed by atoms with van der Waals surface area (Å²) in [7, 11) is 0. The van der Waals surface area contributed by atoms with Crippen LogP contribution in [0.5, 0.6) is 0 Å². The number of rotatable bonds is 1. The van der Waals surface area contributed by atoms with E-state index in [0.29, 0.717) is 13.0 Å². The van der Waals surface area contributed by atoms with E-state index in [1.807, 2.05) is 0 Å². The molecule has 74 valence electrons. The van der Waals surface area contributed by atoms with Crippen LogP contribution in [0, 0.1) is 5.92 Å². The molecule has 0 spiro atoms. The molecule has 3 nitrogen and oxygen atoms in total. The molecule has 0 bridgehead atoms. The summed E-state index contributed by atoms with van der Waals surface area (Å²) in [5, 5.41) is 10.3. The molecule has 0 radical (unpaired) electrons. The highest BCUT2D eigenvalue weighted by molar-refractivity contribution is 5.71. The van der Waals surface area contributed by atoms with Gasteiger partial charge in [0.25, 0.3) is 0 Å². The molecular weight excluding hydrogens is 168 g/mol. The van der Waals surface area contributed by atoms with E-state index in [1.165, 1.54) is 6.42 Å². The van der Waals surface area contributed by atoms with Gasteiger partial charge in [-0.15, -0.1) is 0 Å². The van der Waals surface area contributed by atoms with Gasteiger partial charge < -0.3 is 9.84 Å². The van der Waals surface area contributed by atoms with Crippen molar-refractivity contribution in [3.63, 3.8) is 0 Å². The van der Waals surface area contributed by atoms with E-state index < -0.39 is 5.60 Å². The third-order valence-corrected chi connectivity index (χ3v) is 3.34. The van der Waals surface area contributed by atoms with Crippen LogP contribution in [-0.4, -0.2) is 23.3 Å². The zero-order valence-corrected chi connectivity index (χ0v) is 7.79. The van der Waals surface area contributed by atoms with E-state index >= 15 is 0 Å². The zero-order valence-electron chi connectivity index (χ0n) is 7.79. The van der Waals surface area contributed by atoms with Crippen molar-refractivity contribution < 1.29 is 14.6 Å².